The molecule has 0 bridgehead atoms. The molecule has 23 heavy (non-hydrogen) atoms. The van der Waals surface area contributed by atoms with Gasteiger partial charge in [-0.1, -0.05) is 15.9 Å². The van der Waals surface area contributed by atoms with E-state index in [0.29, 0.717) is 28.7 Å². The molecular formula is C17H10BrNO4. The Hall–Kier alpha value is -2.73. The van der Waals surface area contributed by atoms with Gasteiger partial charge in [0.1, 0.15) is 0 Å². The Kier molecular flexibility index (Phi) is 3.51. The van der Waals surface area contributed by atoms with Gasteiger partial charge in [-0.3, -0.25) is 0 Å². The third-order valence-electron chi connectivity index (χ3n) is 3.12. The van der Waals surface area contributed by atoms with Crippen LogP contribution >= 0.6 is 15.9 Å². The van der Waals surface area contributed by atoms with Crippen LogP contribution in [0, 0.1) is 0 Å². The molecule has 0 aliphatic heterocycles. The number of hydrogen-bond donors (Lipinski definition) is 0. The lowest BCUT2D eigenvalue weighted by Crippen LogP contribution is -1.91. The summed E-state index contributed by atoms with van der Waals surface area (Å²) >= 11 is 3.39. The Morgan fingerprint density at radius 1 is 0.739 bits per heavy atom. The maximum Gasteiger partial charge on any atom is 0.400 e. The van der Waals surface area contributed by atoms with E-state index in [1.807, 2.05) is 24.3 Å². The Labute approximate surface area is 139 Å². The van der Waals surface area contributed by atoms with E-state index in [-0.39, 0.29) is 5.75 Å². The highest BCUT2D eigenvalue weighted by Crippen LogP contribution is 2.32. The highest BCUT2D eigenvalue weighted by Gasteiger charge is 2.20. The first-order valence-electron chi connectivity index (χ1n) is 6.81. The van der Waals surface area contributed by atoms with E-state index in [2.05, 4.69) is 20.9 Å². The molecule has 0 aliphatic rings. The molecule has 0 unspecified atom stereocenters. The van der Waals surface area contributed by atoms with Crippen LogP contribution in [0.5, 0.6) is 0 Å². The molecule has 3 heterocycles. The van der Waals surface area contributed by atoms with Crippen molar-refractivity contribution in [2.24, 2.45) is 4.99 Å². The molecule has 0 saturated heterocycles. The third-order valence-corrected chi connectivity index (χ3v) is 3.65. The third kappa shape index (κ3) is 2.80. The van der Waals surface area contributed by atoms with Crippen LogP contribution in [0.3, 0.4) is 0 Å². The van der Waals surface area contributed by atoms with Crippen LogP contribution in [0.15, 0.2) is 88.2 Å². The molecular weight excluding hydrogens is 362 g/mol. The standard InChI is InChI=1S/C17H10BrNO4/c18-11-5-7-12(8-6-11)19-17-22-15(13-3-1-9-20-13)16(23-17)14-4-2-10-21-14/h1-10H. The van der Waals surface area contributed by atoms with Crippen molar-refractivity contribution in [3.63, 3.8) is 0 Å². The van der Waals surface area contributed by atoms with E-state index in [0.717, 1.165) is 4.47 Å². The fourth-order valence-corrected chi connectivity index (χ4v) is 2.36. The average molecular weight is 372 g/mol. The Balaban J connectivity index is 1.86. The first-order chi connectivity index (χ1) is 11.3. The van der Waals surface area contributed by atoms with E-state index in [1.54, 1.807) is 36.8 Å². The topological polar surface area (TPSA) is 64.9 Å². The van der Waals surface area contributed by atoms with E-state index in [9.17, 15) is 0 Å². The van der Waals surface area contributed by atoms with Crippen LogP contribution in [0.4, 0.5) is 5.69 Å². The smallest absolute Gasteiger partial charge is 0.400 e. The van der Waals surface area contributed by atoms with Crippen LogP contribution in [0.1, 0.15) is 0 Å². The lowest BCUT2D eigenvalue weighted by molar-refractivity contribution is 0.369. The molecule has 114 valence electrons. The summed E-state index contributed by atoms with van der Waals surface area (Å²) < 4.78 is 23.2. The molecule has 3 aromatic heterocycles. The Morgan fingerprint density at radius 3 is 1.78 bits per heavy atom. The summed E-state index contributed by atoms with van der Waals surface area (Å²) in [5.74, 6) is 2.06. The summed E-state index contributed by atoms with van der Waals surface area (Å²) in [6, 6.07) is 14.6. The molecule has 4 aromatic rings. The van der Waals surface area contributed by atoms with E-state index < -0.39 is 0 Å². The number of nitrogens with zero attached hydrogens (tertiary/aromatic N) is 1. The number of furan rings is 2. The van der Waals surface area contributed by atoms with Crippen LogP contribution in [-0.2, 0) is 0 Å². The van der Waals surface area contributed by atoms with Crippen LogP contribution in [0.25, 0.3) is 23.0 Å². The van der Waals surface area contributed by atoms with Gasteiger partial charge < -0.3 is 17.7 Å². The average Bonchev–Trinajstić information content (AvgIpc) is 3.30. The largest absolute Gasteiger partial charge is 0.461 e. The minimum absolute atomic E-state index is 0.116. The van der Waals surface area contributed by atoms with Crippen molar-refractivity contribution >= 4 is 21.6 Å². The lowest BCUT2D eigenvalue weighted by Gasteiger charge is -1.92. The van der Waals surface area contributed by atoms with Crippen molar-refractivity contribution in [3.05, 3.63) is 71.3 Å². The van der Waals surface area contributed by atoms with Gasteiger partial charge in [-0.25, -0.2) is 0 Å². The minimum atomic E-state index is 0.116. The van der Waals surface area contributed by atoms with Gasteiger partial charge in [0.25, 0.3) is 0 Å². The molecule has 1 aromatic carbocycles. The van der Waals surface area contributed by atoms with Gasteiger partial charge >= 0.3 is 5.75 Å². The molecule has 6 heteroatoms. The van der Waals surface area contributed by atoms with E-state index in [1.165, 1.54) is 0 Å². The van der Waals surface area contributed by atoms with Gasteiger partial charge in [0.05, 0.1) is 18.2 Å². The monoisotopic (exact) mass is 371 g/mol. The van der Waals surface area contributed by atoms with E-state index >= 15 is 0 Å². The van der Waals surface area contributed by atoms with Gasteiger partial charge in [-0.2, -0.15) is 4.99 Å². The quantitative estimate of drug-likeness (QED) is 0.484. The van der Waals surface area contributed by atoms with Gasteiger partial charge in [0.2, 0.25) is 11.5 Å². The summed E-state index contributed by atoms with van der Waals surface area (Å²) in [6.45, 7) is 0. The van der Waals surface area contributed by atoms with Gasteiger partial charge in [0, 0.05) is 4.47 Å². The summed E-state index contributed by atoms with van der Waals surface area (Å²) in [6.07, 6.45) is 3.13. The van der Waals surface area contributed by atoms with Crippen molar-refractivity contribution in [3.8, 4) is 23.0 Å². The molecule has 0 aliphatic carbocycles. The van der Waals surface area contributed by atoms with Crippen molar-refractivity contribution in [2.75, 3.05) is 0 Å². The summed E-state index contributed by atoms with van der Waals surface area (Å²) in [5.41, 5.74) is 0.711. The number of benzene rings is 1. The molecule has 0 atom stereocenters. The van der Waals surface area contributed by atoms with Gasteiger partial charge in [-0.05, 0) is 48.5 Å². The SMILES string of the molecule is Brc1ccc(N=c2oc(-c3ccco3)c(-c3ccco3)o2)cc1. The van der Waals surface area contributed by atoms with Crippen molar-refractivity contribution < 1.29 is 17.7 Å². The number of rotatable bonds is 3. The predicted octanol–water partition coefficient (Wildman–Crippen LogP) is 5.39. The van der Waals surface area contributed by atoms with Crippen LogP contribution in [-0.4, -0.2) is 0 Å². The van der Waals surface area contributed by atoms with Gasteiger partial charge in [0.15, 0.2) is 11.5 Å². The molecule has 0 fully saturated rings. The summed E-state index contributed by atoms with van der Waals surface area (Å²) in [7, 11) is 0. The summed E-state index contributed by atoms with van der Waals surface area (Å²) in [5, 5.41) is 0. The van der Waals surface area contributed by atoms with Crippen LogP contribution in [0.2, 0.25) is 0 Å². The molecule has 0 N–H and O–H groups in total. The second-order valence-corrected chi connectivity index (χ2v) is 5.59. The fraction of sp³-hybridized carbons (Fsp3) is 0. The van der Waals surface area contributed by atoms with Crippen molar-refractivity contribution in [2.45, 2.75) is 0 Å². The zero-order valence-corrected chi connectivity index (χ0v) is 13.3. The highest BCUT2D eigenvalue weighted by molar-refractivity contribution is 9.10. The highest BCUT2D eigenvalue weighted by atomic mass is 79.9. The maximum atomic E-state index is 5.72. The minimum Gasteiger partial charge on any atom is -0.461 e. The lowest BCUT2D eigenvalue weighted by atomic mass is 10.2. The van der Waals surface area contributed by atoms with Crippen molar-refractivity contribution in [1.29, 1.82) is 0 Å². The van der Waals surface area contributed by atoms with Crippen molar-refractivity contribution in [1.82, 2.24) is 0 Å². The molecule has 0 spiro atoms. The second-order valence-electron chi connectivity index (χ2n) is 4.67. The zero-order chi connectivity index (χ0) is 15.6. The molecule has 0 radical (unpaired) electrons. The number of hydrogen-bond acceptors (Lipinski definition) is 5. The normalized spacial score (nSPS) is 10.8. The zero-order valence-electron chi connectivity index (χ0n) is 11.7. The Morgan fingerprint density at radius 2 is 1.30 bits per heavy atom. The maximum absolute atomic E-state index is 5.72. The summed E-state index contributed by atoms with van der Waals surface area (Å²) in [4.78, 5) is 4.35. The Bertz CT molecular complexity index is 906. The number of halogens is 1. The molecule has 5 nitrogen and oxygen atoms in total. The second kappa shape index (κ2) is 5.81. The fourth-order valence-electron chi connectivity index (χ4n) is 2.09. The molecule has 0 amide bonds. The van der Waals surface area contributed by atoms with Crippen LogP contribution < -0.4 is 5.75 Å². The molecule has 0 saturated carbocycles. The predicted molar refractivity (Wildman–Crippen MR) is 85.7 cm³/mol. The first-order valence-corrected chi connectivity index (χ1v) is 7.61. The molecule has 4 rings (SSSR count). The first kappa shape index (κ1) is 13.9. The van der Waals surface area contributed by atoms with E-state index in [4.69, 9.17) is 17.7 Å². The van der Waals surface area contributed by atoms with Gasteiger partial charge in [-0.15, -0.1) is 0 Å².